The summed E-state index contributed by atoms with van der Waals surface area (Å²) in [5, 5.41) is 5.56. The summed E-state index contributed by atoms with van der Waals surface area (Å²) in [4.78, 5) is 12.2. The zero-order chi connectivity index (χ0) is 18.9. The molecular weight excluding hydrogens is 328 g/mol. The smallest absolute Gasteiger partial charge is 0.323 e. The van der Waals surface area contributed by atoms with Gasteiger partial charge in [0.25, 0.3) is 0 Å². The Morgan fingerprint density at radius 1 is 0.846 bits per heavy atom. The Kier molecular flexibility index (Phi) is 6.85. The molecule has 0 aliphatic heterocycles. The van der Waals surface area contributed by atoms with Gasteiger partial charge in [-0.05, 0) is 49.3 Å². The molecule has 2 N–H and O–H groups in total. The molecule has 0 aliphatic carbocycles. The van der Waals surface area contributed by atoms with Gasteiger partial charge in [-0.3, -0.25) is 0 Å². The SMILES string of the molecule is C=C(C)COc1cccc(NC(=O)Nc2cccc(OCC(=C)C)c2)c1. The Labute approximate surface area is 154 Å². The van der Waals surface area contributed by atoms with Crippen molar-refractivity contribution in [2.45, 2.75) is 13.8 Å². The average Bonchev–Trinajstić information content (AvgIpc) is 2.59. The van der Waals surface area contributed by atoms with Crippen LogP contribution >= 0.6 is 0 Å². The van der Waals surface area contributed by atoms with Crippen LogP contribution in [-0.2, 0) is 0 Å². The summed E-state index contributed by atoms with van der Waals surface area (Å²) in [5.74, 6) is 1.34. The maximum absolute atomic E-state index is 12.2. The minimum atomic E-state index is -0.348. The van der Waals surface area contributed by atoms with Crippen molar-refractivity contribution >= 4 is 17.4 Å². The Bertz CT molecular complexity index is 734. The van der Waals surface area contributed by atoms with Crippen molar-refractivity contribution in [3.05, 3.63) is 72.8 Å². The summed E-state index contributed by atoms with van der Waals surface area (Å²) in [5.41, 5.74) is 3.12. The largest absolute Gasteiger partial charge is 0.489 e. The van der Waals surface area contributed by atoms with Gasteiger partial charge in [-0.1, -0.05) is 25.3 Å². The van der Waals surface area contributed by atoms with Crippen LogP contribution in [0, 0.1) is 0 Å². The number of ether oxygens (including phenoxy) is 2. The maximum atomic E-state index is 12.2. The van der Waals surface area contributed by atoms with Gasteiger partial charge in [0.2, 0.25) is 0 Å². The number of hydrogen-bond acceptors (Lipinski definition) is 3. The van der Waals surface area contributed by atoms with E-state index in [9.17, 15) is 4.79 Å². The van der Waals surface area contributed by atoms with E-state index in [1.54, 1.807) is 24.3 Å². The van der Waals surface area contributed by atoms with Crippen LogP contribution in [0.3, 0.4) is 0 Å². The van der Waals surface area contributed by atoms with Crippen molar-refractivity contribution in [1.82, 2.24) is 0 Å². The molecule has 2 rings (SSSR count). The van der Waals surface area contributed by atoms with E-state index in [2.05, 4.69) is 23.8 Å². The number of anilines is 2. The van der Waals surface area contributed by atoms with Gasteiger partial charge < -0.3 is 20.1 Å². The van der Waals surface area contributed by atoms with Crippen molar-refractivity contribution in [1.29, 1.82) is 0 Å². The highest BCUT2D eigenvalue weighted by molar-refractivity contribution is 5.99. The topological polar surface area (TPSA) is 59.6 Å². The molecule has 0 aliphatic rings. The first-order valence-corrected chi connectivity index (χ1v) is 8.25. The number of hydrogen-bond donors (Lipinski definition) is 2. The lowest BCUT2D eigenvalue weighted by atomic mass is 10.3. The van der Waals surface area contributed by atoms with E-state index in [4.69, 9.17) is 9.47 Å². The number of urea groups is 1. The molecule has 0 unspecified atom stereocenters. The van der Waals surface area contributed by atoms with E-state index in [1.165, 1.54) is 0 Å². The predicted octanol–water partition coefficient (Wildman–Crippen LogP) is 5.24. The van der Waals surface area contributed by atoms with Crippen LogP contribution in [0.1, 0.15) is 13.8 Å². The quantitative estimate of drug-likeness (QED) is 0.639. The summed E-state index contributed by atoms with van der Waals surface area (Å²) in [6, 6.07) is 14.0. The molecule has 0 bridgehead atoms. The standard InChI is InChI=1S/C21H24N2O3/c1-15(2)13-25-19-9-5-7-17(11-19)22-21(24)23-18-8-6-10-20(12-18)26-14-16(3)4/h5-12H,1,3,13-14H2,2,4H3,(H2,22,23,24). The van der Waals surface area contributed by atoms with Crippen LogP contribution in [-0.4, -0.2) is 19.2 Å². The van der Waals surface area contributed by atoms with Crippen molar-refractivity contribution in [2.24, 2.45) is 0 Å². The molecule has 0 heterocycles. The molecule has 0 saturated heterocycles. The number of amides is 2. The lowest BCUT2D eigenvalue weighted by Gasteiger charge is -2.11. The maximum Gasteiger partial charge on any atom is 0.323 e. The highest BCUT2D eigenvalue weighted by atomic mass is 16.5. The van der Waals surface area contributed by atoms with Crippen molar-refractivity contribution < 1.29 is 14.3 Å². The molecule has 0 fully saturated rings. The van der Waals surface area contributed by atoms with Crippen molar-refractivity contribution in [3.63, 3.8) is 0 Å². The average molecular weight is 352 g/mol. The summed E-state index contributed by atoms with van der Waals surface area (Å²) in [6.45, 7) is 12.3. The summed E-state index contributed by atoms with van der Waals surface area (Å²) in [6.07, 6.45) is 0. The third-order valence-electron chi connectivity index (χ3n) is 3.15. The highest BCUT2D eigenvalue weighted by Crippen LogP contribution is 2.20. The summed E-state index contributed by atoms with van der Waals surface area (Å²) >= 11 is 0. The fraction of sp³-hybridized carbons (Fsp3) is 0.190. The fourth-order valence-corrected chi connectivity index (χ4v) is 2.03. The first kappa shape index (κ1) is 19.1. The van der Waals surface area contributed by atoms with E-state index in [0.717, 1.165) is 11.1 Å². The number of carbonyl (C=O) groups is 1. The van der Waals surface area contributed by atoms with Gasteiger partial charge in [0.1, 0.15) is 24.7 Å². The van der Waals surface area contributed by atoms with Gasteiger partial charge in [0, 0.05) is 23.5 Å². The second-order valence-electron chi connectivity index (χ2n) is 6.13. The normalized spacial score (nSPS) is 9.92. The van der Waals surface area contributed by atoms with E-state index >= 15 is 0 Å². The van der Waals surface area contributed by atoms with E-state index < -0.39 is 0 Å². The Morgan fingerprint density at radius 2 is 1.27 bits per heavy atom. The van der Waals surface area contributed by atoms with Gasteiger partial charge in [-0.25, -0.2) is 4.79 Å². The summed E-state index contributed by atoms with van der Waals surface area (Å²) < 4.78 is 11.1. The van der Waals surface area contributed by atoms with Crippen LogP contribution in [0.2, 0.25) is 0 Å². The molecular formula is C21H24N2O3. The predicted molar refractivity (Wildman–Crippen MR) is 106 cm³/mol. The number of carbonyl (C=O) groups excluding carboxylic acids is 1. The molecule has 0 radical (unpaired) electrons. The molecule has 0 atom stereocenters. The van der Waals surface area contributed by atoms with Crippen LogP contribution < -0.4 is 20.1 Å². The minimum Gasteiger partial charge on any atom is -0.489 e. The lowest BCUT2D eigenvalue weighted by Crippen LogP contribution is -2.19. The molecule has 2 aromatic rings. The van der Waals surface area contributed by atoms with Gasteiger partial charge >= 0.3 is 6.03 Å². The number of nitrogens with one attached hydrogen (secondary N) is 2. The van der Waals surface area contributed by atoms with Gasteiger partial charge in [0.15, 0.2) is 0 Å². The monoisotopic (exact) mass is 352 g/mol. The Balaban J connectivity index is 1.94. The van der Waals surface area contributed by atoms with E-state index in [1.807, 2.05) is 38.1 Å². The number of rotatable bonds is 8. The zero-order valence-corrected chi connectivity index (χ0v) is 15.2. The molecule has 5 nitrogen and oxygen atoms in total. The van der Waals surface area contributed by atoms with E-state index in [0.29, 0.717) is 36.1 Å². The molecule has 5 heteroatoms. The third kappa shape index (κ3) is 6.73. The molecule has 0 spiro atoms. The first-order valence-electron chi connectivity index (χ1n) is 8.25. The minimum absolute atomic E-state index is 0.348. The van der Waals surface area contributed by atoms with Crippen LogP contribution in [0.25, 0.3) is 0 Å². The Hall–Kier alpha value is -3.21. The summed E-state index contributed by atoms with van der Waals surface area (Å²) in [7, 11) is 0. The highest BCUT2D eigenvalue weighted by Gasteiger charge is 2.05. The zero-order valence-electron chi connectivity index (χ0n) is 15.2. The second kappa shape index (κ2) is 9.32. The molecule has 0 saturated carbocycles. The number of benzene rings is 2. The molecule has 0 aromatic heterocycles. The Morgan fingerprint density at radius 3 is 1.65 bits per heavy atom. The van der Waals surface area contributed by atoms with Crippen LogP contribution in [0.4, 0.5) is 16.2 Å². The third-order valence-corrected chi connectivity index (χ3v) is 3.15. The molecule has 136 valence electrons. The van der Waals surface area contributed by atoms with Gasteiger partial charge in [-0.2, -0.15) is 0 Å². The second-order valence-corrected chi connectivity index (χ2v) is 6.13. The molecule has 2 aromatic carbocycles. The first-order chi connectivity index (χ1) is 12.4. The van der Waals surface area contributed by atoms with E-state index in [-0.39, 0.29) is 6.03 Å². The van der Waals surface area contributed by atoms with Crippen LogP contribution in [0.5, 0.6) is 11.5 Å². The molecule has 26 heavy (non-hydrogen) atoms. The van der Waals surface area contributed by atoms with Crippen LogP contribution in [0.15, 0.2) is 72.8 Å². The van der Waals surface area contributed by atoms with Gasteiger partial charge in [0.05, 0.1) is 0 Å². The van der Waals surface area contributed by atoms with Crippen molar-refractivity contribution in [3.8, 4) is 11.5 Å². The fourth-order valence-electron chi connectivity index (χ4n) is 2.03. The van der Waals surface area contributed by atoms with Gasteiger partial charge in [-0.15, -0.1) is 0 Å². The van der Waals surface area contributed by atoms with Crippen molar-refractivity contribution in [2.75, 3.05) is 23.8 Å². The molecule has 2 amide bonds. The lowest BCUT2D eigenvalue weighted by molar-refractivity contribution is 0.262.